The lowest BCUT2D eigenvalue weighted by Crippen LogP contribution is -2.44. The summed E-state index contributed by atoms with van der Waals surface area (Å²) in [5.74, 6) is -0.0475. The maximum Gasteiger partial charge on any atom is 0.259 e. The van der Waals surface area contributed by atoms with Gasteiger partial charge >= 0.3 is 0 Å². The Hall–Kier alpha value is -2.78. The summed E-state index contributed by atoms with van der Waals surface area (Å²) in [5.41, 5.74) is 7.90. The minimum atomic E-state index is -0.361. The third kappa shape index (κ3) is 4.37. The third-order valence-corrected chi connectivity index (χ3v) is 5.68. The molecule has 0 saturated carbocycles. The monoisotopic (exact) mass is 415 g/mol. The predicted octanol–water partition coefficient (Wildman–Crippen LogP) is 2.72. The van der Waals surface area contributed by atoms with E-state index in [0.717, 1.165) is 28.1 Å². The van der Waals surface area contributed by atoms with Gasteiger partial charge in [0.2, 0.25) is 5.91 Å². The maximum atomic E-state index is 12.3. The molecule has 4 N–H and O–H groups in total. The molecule has 0 aliphatic carbocycles. The number of aromatic nitrogens is 2. The van der Waals surface area contributed by atoms with Gasteiger partial charge in [0.1, 0.15) is 10.7 Å². The lowest BCUT2D eigenvalue weighted by atomic mass is 10.1. The fraction of sp³-hybridized carbons (Fsp3) is 0.263. The molecule has 7 nitrogen and oxygen atoms in total. The number of anilines is 1. The average molecular weight is 416 g/mol. The van der Waals surface area contributed by atoms with E-state index in [1.165, 1.54) is 11.3 Å². The molecule has 1 aromatic carbocycles. The van der Waals surface area contributed by atoms with E-state index >= 15 is 0 Å². The van der Waals surface area contributed by atoms with Crippen LogP contribution in [0.1, 0.15) is 28.8 Å². The van der Waals surface area contributed by atoms with Crippen LogP contribution in [-0.2, 0) is 17.6 Å². The molecular weight excluding hydrogens is 394 g/mol. The third-order valence-electron chi connectivity index (χ3n) is 4.38. The number of hydrogen-bond acceptors (Lipinski definition) is 5. The minimum absolute atomic E-state index is 0.0671. The summed E-state index contributed by atoms with van der Waals surface area (Å²) in [6.45, 7) is 5.90. The van der Waals surface area contributed by atoms with Gasteiger partial charge in [0.15, 0.2) is 5.11 Å². The Morgan fingerprint density at radius 2 is 2.00 bits per heavy atom. The molecule has 0 aliphatic rings. The Morgan fingerprint density at radius 1 is 1.25 bits per heavy atom. The molecule has 28 heavy (non-hydrogen) atoms. The second kappa shape index (κ2) is 8.49. The lowest BCUT2D eigenvalue weighted by molar-refractivity contribution is -0.121. The van der Waals surface area contributed by atoms with Crippen LogP contribution < -0.4 is 21.7 Å². The summed E-state index contributed by atoms with van der Waals surface area (Å²) in [6.07, 6.45) is 0.795. The van der Waals surface area contributed by atoms with Crippen molar-refractivity contribution in [2.75, 3.05) is 5.32 Å². The van der Waals surface area contributed by atoms with Crippen LogP contribution in [0.3, 0.4) is 0 Å². The number of aromatic amines is 1. The number of nitrogens with one attached hydrogen (secondary N) is 4. The summed E-state index contributed by atoms with van der Waals surface area (Å²) in [6, 6.07) is 7.80. The van der Waals surface area contributed by atoms with Crippen LogP contribution in [0.25, 0.3) is 10.2 Å². The number of thiophene rings is 1. The van der Waals surface area contributed by atoms with Crippen molar-refractivity contribution >= 4 is 50.5 Å². The Labute approximate surface area is 171 Å². The average Bonchev–Trinajstić information content (AvgIpc) is 2.94. The number of carbonyl (C=O) groups excluding carboxylic acids is 1. The SMILES string of the molecule is CCc1ccccc1NC(=S)NNC(=O)Cc1nc2sc(C)c(C)c2c(=O)[nH]1. The summed E-state index contributed by atoms with van der Waals surface area (Å²) < 4.78 is 0. The van der Waals surface area contributed by atoms with E-state index in [0.29, 0.717) is 16.0 Å². The van der Waals surface area contributed by atoms with Gasteiger partial charge in [-0.15, -0.1) is 11.3 Å². The summed E-state index contributed by atoms with van der Waals surface area (Å²) in [5, 5.41) is 3.92. The van der Waals surface area contributed by atoms with Gasteiger partial charge in [-0.2, -0.15) is 0 Å². The molecule has 2 aromatic heterocycles. The van der Waals surface area contributed by atoms with Gasteiger partial charge in [-0.25, -0.2) is 4.98 Å². The fourth-order valence-electron chi connectivity index (χ4n) is 2.81. The molecule has 2 heterocycles. The zero-order valence-electron chi connectivity index (χ0n) is 15.8. The first kappa shape index (κ1) is 20.0. The van der Waals surface area contributed by atoms with Crippen molar-refractivity contribution in [3.8, 4) is 0 Å². The number of H-pyrrole nitrogens is 1. The molecule has 0 spiro atoms. The number of benzene rings is 1. The van der Waals surface area contributed by atoms with Crippen LogP contribution in [-0.4, -0.2) is 21.0 Å². The van der Waals surface area contributed by atoms with E-state index in [9.17, 15) is 9.59 Å². The molecule has 0 unspecified atom stereocenters. The topological polar surface area (TPSA) is 98.9 Å². The molecule has 3 aromatic rings. The second-order valence-electron chi connectivity index (χ2n) is 6.29. The zero-order valence-corrected chi connectivity index (χ0v) is 17.4. The number of aryl methyl sites for hydroxylation is 3. The van der Waals surface area contributed by atoms with Crippen molar-refractivity contribution < 1.29 is 4.79 Å². The summed E-state index contributed by atoms with van der Waals surface area (Å²) in [4.78, 5) is 33.2. The molecule has 3 rings (SSSR count). The first-order chi connectivity index (χ1) is 13.4. The standard InChI is InChI=1S/C19H21N5O2S2/c1-4-12-7-5-6-8-13(12)20-19(27)24-23-15(25)9-14-21-17(26)16-10(2)11(3)28-18(16)22-14/h5-8H,4,9H2,1-3H3,(H,23,25)(H2,20,24,27)(H,21,22,26). The number of hydrogen-bond donors (Lipinski definition) is 4. The van der Waals surface area contributed by atoms with Gasteiger partial charge in [-0.05, 0) is 49.7 Å². The van der Waals surface area contributed by atoms with Crippen LogP contribution in [0.5, 0.6) is 0 Å². The minimum Gasteiger partial charge on any atom is -0.331 e. The smallest absolute Gasteiger partial charge is 0.259 e. The number of hydrazine groups is 1. The maximum absolute atomic E-state index is 12.3. The Balaban J connectivity index is 1.61. The number of para-hydroxylation sites is 1. The van der Waals surface area contributed by atoms with Crippen LogP contribution in [0.15, 0.2) is 29.1 Å². The Kier molecular flexibility index (Phi) is 6.05. The number of nitrogens with zero attached hydrogens (tertiary/aromatic N) is 1. The molecule has 146 valence electrons. The predicted molar refractivity (Wildman–Crippen MR) is 117 cm³/mol. The van der Waals surface area contributed by atoms with E-state index in [4.69, 9.17) is 12.2 Å². The molecule has 0 aliphatic heterocycles. The first-order valence-corrected chi connectivity index (χ1v) is 10.0. The van der Waals surface area contributed by atoms with Gasteiger partial charge in [0, 0.05) is 10.6 Å². The van der Waals surface area contributed by atoms with Gasteiger partial charge in [0.05, 0.1) is 11.8 Å². The number of fused-ring (bicyclic) bond motifs is 1. The van der Waals surface area contributed by atoms with Gasteiger partial charge in [-0.1, -0.05) is 25.1 Å². The molecule has 9 heteroatoms. The van der Waals surface area contributed by atoms with E-state index in [1.54, 1.807) is 0 Å². The van der Waals surface area contributed by atoms with Crippen molar-refractivity contribution in [1.29, 1.82) is 0 Å². The number of amides is 1. The number of rotatable bonds is 4. The van der Waals surface area contributed by atoms with Crippen LogP contribution in [0, 0.1) is 13.8 Å². The van der Waals surface area contributed by atoms with E-state index in [2.05, 4.69) is 33.1 Å². The largest absolute Gasteiger partial charge is 0.331 e. The summed E-state index contributed by atoms with van der Waals surface area (Å²) in [7, 11) is 0. The molecule has 0 atom stereocenters. The quantitative estimate of drug-likeness (QED) is 0.386. The molecule has 0 radical (unpaired) electrons. The highest BCUT2D eigenvalue weighted by Gasteiger charge is 2.14. The highest BCUT2D eigenvalue weighted by Crippen LogP contribution is 2.25. The number of carbonyl (C=O) groups is 1. The van der Waals surface area contributed by atoms with Crippen molar-refractivity contribution in [1.82, 2.24) is 20.8 Å². The normalized spacial score (nSPS) is 10.7. The van der Waals surface area contributed by atoms with Crippen LogP contribution in [0.4, 0.5) is 5.69 Å². The van der Waals surface area contributed by atoms with Crippen LogP contribution in [0.2, 0.25) is 0 Å². The zero-order chi connectivity index (χ0) is 20.3. The second-order valence-corrected chi connectivity index (χ2v) is 7.90. The van der Waals surface area contributed by atoms with Gasteiger partial charge in [-0.3, -0.25) is 20.4 Å². The molecule has 0 saturated heterocycles. The molecule has 0 bridgehead atoms. The first-order valence-electron chi connectivity index (χ1n) is 8.81. The Bertz CT molecular complexity index is 1100. The van der Waals surface area contributed by atoms with E-state index < -0.39 is 0 Å². The van der Waals surface area contributed by atoms with Gasteiger partial charge < -0.3 is 10.3 Å². The molecule has 0 fully saturated rings. The van der Waals surface area contributed by atoms with Crippen molar-refractivity contribution in [3.05, 3.63) is 56.4 Å². The Morgan fingerprint density at radius 3 is 2.75 bits per heavy atom. The van der Waals surface area contributed by atoms with E-state index in [-0.39, 0.29) is 23.0 Å². The van der Waals surface area contributed by atoms with Crippen molar-refractivity contribution in [3.63, 3.8) is 0 Å². The van der Waals surface area contributed by atoms with E-state index in [1.807, 2.05) is 38.1 Å². The molecule has 1 amide bonds. The fourth-order valence-corrected chi connectivity index (χ4v) is 4.02. The molecular formula is C19H21N5O2S2. The highest BCUT2D eigenvalue weighted by molar-refractivity contribution is 7.80. The summed E-state index contributed by atoms with van der Waals surface area (Å²) >= 11 is 6.67. The van der Waals surface area contributed by atoms with Crippen molar-refractivity contribution in [2.45, 2.75) is 33.6 Å². The lowest BCUT2D eigenvalue weighted by Gasteiger charge is -2.13. The van der Waals surface area contributed by atoms with Gasteiger partial charge in [0.25, 0.3) is 5.56 Å². The van der Waals surface area contributed by atoms with Crippen LogP contribution >= 0.6 is 23.6 Å². The van der Waals surface area contributed by atoms with Crippen molar-refractivity contribution in [2.24, 2.45) is 0 Å². The highest BCUT2D eigenvalue weighted by atomic mass is 32.1. The number of thiocarbonyl (C=S) groups is 1.